The van der Waals surface area contributed by atoms with Crippen LogP contribution in [-0.4, -0.2) is 10.1 Å². The van der Waals surface area contributed by atoms with E-state index in [1.165, 1.54) is 0 Å². The van der Waals surface area contributed by atoms with Gasteiger partial charge in [-0.15, -0.1) is 0 Å². The summed E-state index contributed by atoms with van der Waals surface area (Å²) in [5.74, 6) is 0.451. The summed E-state index contributed by atoms with van der Waals surface area (Å²) in [6.07, 6.45) is 3.62. The van der Waals surface area contributed by atoms with Gasteiger partial charge in [0.05, 0.1) is 11.8 Å². The van der Waals surface area contributed by atoms with E-state index in [1.54, 1.807) is 6.20 Å². The number of aliphatic hydroxyl groups excluding tert-OH is 1. The van der Waals surface area contributed by atoms with E-state index in [0.717, 1.165) is 23.0 Å². The molecular formula is C9H10BrNO. The Morgan fingerprint density at radius 1 is 1.58 bits per heavy atom. The van der Waals surface area contributed by atoms with Gasteiger partial charge in [0.25, 0.3) is 0 Å². The molecule has 2 nitrogen and oxygen atoms in total. The highest BCUT2D eigenvalue weighted by Crippen LogP contribution is 2.40. The number of hydrogen-bond acceptors (Lipinski definition) is 2. The Labute approximate surface area is 79.8 Å². The maximum atomic E-state index is 9.70. The molecule has 1 heterocycles. The van der Waals surface area contributed by atoms with E-state index in [4.69, 9.17) is 0 Å². The molecule has 1 N–H and O–H groups in total. The molecule has 0 radical (unpaired) electrons. The molecule has 0 aromatic carbocycles. The molecule has 1 aliphatic rings. The first-order chi connectivity index (χ1) is 5.77. The minimum absolute atomic E-state index is 0.359. The Kier molecular flexibility index (Phi) is 2.15. The highest BCUT2D eigenvalue weighted by Gasteiger charge is 2.31. The van der Waals surface area contributed by atoms with E-state index >= 15 is 0 Å². The van der Waals surface area contributed by atoms with E-state index in [9.17, 15) is 5.11 Å². The molecule has 1 aromatic rings. The lowest BCUT2D eigenvalue weighted by Gasteiger charge is -2.07. The number of pyridine rings is 1. The van der Waals surface area contributed by atoms with E-state index in [-0.39, 0.29) is 6.10 Å². The SMILES string of the molecule is OC(c1cc(Br)ccn1)C1CC1. The maximum Gasteiger partial charge on any atom is 0.0988 e. The van der Waals surface area contributed by atoms with Gasteiger partial charge in [-0.2, -0.15) is 0 Å². The summed E-state index contributed by atoms with van der Waals surface area (Å²) in [6.45, 7) is 0. The van der Waals surface area contributed by atoms with Gasteiger partial charge in [0.2, 0.25) is 0 Å². The van der Waals surface area contributed by atoms with Crippen LogP contribution in [0.4, 0.5) is 0 Å². The van der Waals surface area contributed by atoms with Crippen molar-refractivity contribution in [3.8, 4) is 0 Å². The molecule has 64 valence electrons. The van der Waals surface area contributed by atoms with Crippen molar-refractivity contribution in [1.82, 2.24) is 4.98 Å². The summed E-state index contributed by atoms with van der Waals surface area (Å²) in [6, 6.07) is 3.74. The number of halogens is 1. The van der Waals surface area contributed by atoms with Crippen LogP contribution < -0.4 is 0 Å². The third kappa shape index (κ3) is 1.67. The van der Waals surface area contributed by atoms with E-state index in [1.807, 2.05) is 12.1 Å². The fourth-order valence-corrected chi connectivity index (χ4v) is 1.59. The van der Waals surface area contributed by atoms with Crippen LogP contribution in [0.15, 0.2) is 22.8 Å². The van der Waals surface area contributed by atoms with Gasteiger partial charge in [0.1, 0.15) is 0 Å². The van der Waals surface area contributed by atoms with Gasteiger partial charge in [-0.05, 0) is 30.9 Å². The Balaban J connectivity index is 2.20. The van der Waals surface area contributed by atoms with Crippen LogP contribution in [0, 0.1) is 5.92 Å². The molecule has 0 bridgehead atoms. The standard InChI is InChI=1S/C9H10BrNO/c10-7-3-4-11-8(5-7)9(12)6-1-2-6/h3-6,9,12H,1-2H2. The molecule has 1 fully saturated rings. The molecule has 1 saturated carbocycles. The molecule has 0 saturated heterocycles. The fourth-order valence-electron chi connectivity index (χ4n) is 1.24. The molecular weight excluding hydrogens is 218 g/mol. The van der Waals surface area contributed by atoms with Crippen LogP contribution in [0.2, 0.25) is 0 Å². The molecule has 3 heteroatoms. The lowest BCUT2D eigenvalue weighted by molar-refractivity contribution is 0.149. The summed E-state index contributed by atoms with van der Waals surface area (Å²) >= 11 is 3.35. The van der Waals surface area contributed by atoms with Crippen molar-refractivity contribution in [3.63, 3.8) is 0 Å². The van der Waals surface area contributed by atoms with E-state index in [2.05, 4.69) is 20.9 Å². The average molecular weight is 228 g/mol. The summed E-state index contributed by atoms with van der Waals surface area (Å²) in [4.78, 5) is 4.12. The third-order valence-corrected chi connectivity index (χ3v) is 2.61. The zero-order valence-electron chi connectivity index (χ0n) is 6.57. The third-order valence-electron chi connectivity index (χ3n) is 2.11. The Morgan fingerprint density at radius 3 is 2.92 bits per heavy atom. The van der Waals surface area contributed by atoms with Crippen molar-refractivity contribution < 1.29 is 5.11 Å². The number of hydrogen-bond donors (Lipinski definition) is 1. The first-order valence-electron chi connectivity index (χ1n) is 4.07. The number of aliphatic hydroxyl groups is 1. The molecule has 1 aromatic heterocycles. The molecule has 0 spiro atoms. The number of rotatable bonds is 2. The molecule has 1 aliphatic carbocycles. The largest absolute Gasteiger partial charge is 0.387 e. The molecule has 0 amide bonds. The van der Waals surface area contributed by atoms with Crippen LogP contribution in [0.25, 0.3) is 0 Å². The molecule has 2 rings (SSSR count). The Bertz CT molecular complexity index is 286. The van der Waals surface area contributed by atoms with E-state index in [0.29, 0.717) is 5.92 Å². The van der Waals surface area contributed by atoms with Crippen molar-refractivity contribution >= 4 is 15.9 Å². The lowest BCUT2D eigenvalue weighted by Crippen LogP contribution is -2.01. The lowest BCUT2D eigenvalue weighted by atomic mass is 10.1. The van der Waals surface area contributed by atoms with Crippen molar-refractivity contribution in [2.45, 2.75) is 18.9 Å². The maximum absolute atomic E-state index is 9.70. The second kappa shape index (κ2) is 3.15. The first-order valence-corrected chi connectivity index (χ1v) is 4.86. The van der Waals surface area contributed by atoms with Crippen LogP contribution in [0.1, 0.15) is 24.6 Å². The van der Waals surface area contributed by atoms with Crippen molar-refractivity contribution in [3.05, 3.63) is 28.5 Å². The minimum Gasteiger partial charge on any atom is -0.387 e. The van der Waals surface area contributed by atoms with E-state index < -0.39 is 0 Å². The smallest absolute Gasteiger partial charge is 0.0988 e. The molecule has 1 unspecified atom stereocenters. The van der Waals surface area contributed by atoms with Crippen LogP contribution >= 0.6 is 15.9 Å². The summed E-state index contributed by atoms with van der Waals surface area (Å²) < 4.78 is 0.979. The zero-order chi connectivity index (χ0) is 8.55. The topological polar surface area (TPSA) is 33.1 Å². The normalized spacial score (nSPS) is 19.2. The predicted molar refractivity (Wildman–Crippen MR) is 49.6 cm³/mol. The van der Waals surface area contributed by atoms with Gasteiger partial charge in [-0.3, -0.25) is 4.98 Å². The van der Waals surface area contributed by atoms with Crippen LogP contribution in [-0.2, 0) is 0 Å². The van der Waals surface area contributed by atoms with Gasteiger partial charge in [0.15, 0.2) is 0 Å². The predicted octanol–water partition coefficient (Wildman–Crippen LogP) is 2.29. The highest BCUT2D eigenvalue weighted by atomic mass is 79.9. The monoisotopic (exact) mass is 227 g/mol. The minimum atomic E-state index is -0.359. The second-order valence-electron chi connectivity index (χ2n) is 3.18. The first kappa shape index (κ1) is 8.20. The van der Waals surface area contributed by atoms with Gasteiger partial charge in [-0.25, -0.2) is 0 Å². The average Bonchev–Trinajstić information content (AvgIpc) is 2.85. The Hall–Kier alpha value is -0.410. The van der Waals surface area contributed by atoms with Crippen LogP contribution in [0.3, 0.4) is 0 Å². The van der Waals surface area contributed by atoms with Gasteiger partial charge in [-0.1, -0.05) is 15.9 Å². The quantitative estimate of drug-likeness (QED) is 0.842. The summed E-state index contributed by atoms with van der Waals surface area (Å²) in [5, 5.41) is 9.70. The van der Waals surface area contributed by atoms with Crippen molar-refractivity contribution in [1.29, 1.82) is 0 Å². The second-order valence-corrected chi connectivity index (χ2v) is 4.10. The van der Waals surface area contributed by atoms with Crippen molar-refractivity contribution in [2.24, 2.45) is 5.92 Å². The molecule has 0 aliphatic heterocycles. The number of nitrogens with zero attached hydrogens (tertiary/aromatic N) is 1. The van der Waals surface area contributed by atoms with Gasteiger partial charge in [0, 0.05) is 10.7 Å². The molecule has 12 heavy (non-hydrogen) atoms. The zero-order valence-corrected chi connectivity index (χ0v) is 8.16. The fraction of sp³-hybridized carbons (Fsp3) is 0.444. The van der Waals surface area contributed by atoms with Gasteiger partial charge < -0.3 is 5.11 Å². The Morgan fingerprint density at radius 2 is 2.33 bits per heavy atom. The number of aromatic nitrogens is 1. The van der Waals surface area contributed by atoms with Gasteiger partial charge >= 0.3 is 0 Å². The summed E-state index contributed by atoms with van der Waals surface area (Å²) in [7, 11) is 0. The molecule has 1 atom stereocenters. The van der Waals surface area contributed by atoms with Crippen molar-refractivity contribution in [2.75, 3.05) is 0 Å². The summed E-state index contributed by atoms with van der Waals surface area (Å²) in [5.41, 5.74) is 0.784. The highest BCUT2D eigenvalue weighted by molar-refractivity contribution is 9.10. The van der Waals surface area contributed by atoms with Crippen LogP contribution in [0.5, 0.6) is 0 Å².